The second-order valence-corrected chi connectivity index (χ2v) is 11.0. The Labute approximate surface area is 215 Å². The summed E-state index contributed by atoms with van der Waals surface area (Å²) in [6.07, 6.45) is 14.3. The first kappa shape index (κ1) is 24.7. The van der Waals surface area contributed by atoms with E-state index in [0.29, 0.717) is 17.9 Å². The number of aliphatic imine (C=N–C) groups is 1. The maximum absolute atomic E-state index is 5.06. The van der Waals surface area contributed by atoms with E-state index >= 15 is 0 Å². The minimum Gasteiger partial charge on any atom is -0.351 e. The number of allylic oxidation sites excluding steroid dienone is 1. The number of H-pyrrole nitrogens is 1. The summed E-state index contributed by atoms with van der Waals surface area (Å²) < 4.78 is 0. The fraction of sp³-hybridized carbons (Fsp3) is 0.500. The van der Waals surface area contributed by atoms with Gasteiger partial charge in [0.2, 0.25) is 5.95 Å². The summed E-state index contributed by atoms with van der Waals surface area (Å²) >= 11 is 0. The number of nitrogens with one attached hydrogen (secondary N) is 2. The maximum atomic E-state index is 5.06. The van der Waals surface area contributed by atoms with Crippen LogP contribution in [0.1, 0.15) is 57.4 Å². The number of hydrogen-bond acceptors (Lipinski definition) is 5. The number of likely N-dealkylation sites (tertiary alicyclic amines) is 1. The molecule has 2 aliphatic rings. The van der Waals surface area contributed by atoms with E-state index in [9.17, 15) is 0 Å². The molecule has 6 heteroatoms. The van der Waals surface area contributed by atoms with Crippen LogP contribution in [0.25, 0.3) is 22.2 Å². The summed E-state index contributed by atoms with van der Waals surface area (Å²) in [4.78, 5) is 20.3. The van der Waals surface area contributed by atoms with Crippen LogP contribution in [0.2, 0.25) is 0 Å². The van der Waals surface area contributed by atoms with Crippen molar-refractivity contribution in [1.82, 2.24) is 19.9 Å². The fourth-order valence-corrected chi connectivity index (χ4v) is 5.59. The van der Waals surface area contributed by atoms with Gasteiger partial charge in [0.15, 0.2) is 0 Å². The van der Waals surface area contributed by atoms with Crippen molar-refractivity contribution in [3.05, 3.63) is 48.8 Å². The van der Waals surface area contributed by atoms with E-state index in [1.54, 1.807) is 0 Å². The Morgan fingerprint density at radius 2 is 1.97 bits per heavy atom. The SMILES string of the molecule is C=CC(CC1CCN(C)CC1)=Nc1cc(-c2c[nH]c3nc(NC4CCC(C)CC4)ncc23)ccc1C. The molecule has 0 bridgehead atoms. The lowest BCUT2D eigenvalue weighted by atomic mass is 9.87. The summed E-state index contributed by atoms with van der Waals surface area (Å²) in [6, 6.07) is 6.98. The number of anilines is 1. The summed E-state index contributed by atoms with van der Waals surface area (Å²) in [5, 5.41) is 4.59. The molecule has 1 saturated heterocycles. The lowest BCUT2D eigenvalue weighted by Crippen LogP contribution is -2.30. The zero-order valence-corrected chi connectivity index (χ0v) is 22.1. The molecule has 1 aromatic carbocycles. The number of aromatic nitrogens is 3. The Kier molecular flexibility index (Phi) is 7.51. The van der Waals surface area contributed by atoms with E-state index in [-0.39, 0.29) is 0 Å². The number of hydrogen-bond donors (Lipinski definition) is 2. The number of aromatic amines is 1. The Balaban J connectivity index is 1.35. The molecule has 0 radical (unpaired) electrons. The van der Waals surface area contributed by atoms with E-state index in [2.05, 4.69) is 65.9 Å². The van der Waals surface area contributed by atoms with Gasteiger partial charge in [-0.1, -0.05) is 25.6 Å². The van der Waals surface area contributed by atoms with E-state index in [0.717, 1.165) is 45.9 Å². The fourth-order valence-electron chi connectivity index (χ4n) is 5.59. The molecular formula is C30H40N6. The van der Waals surface area contributed by atoms with Gasteiger partial charge in [0, 0.05) is 35.1 Å². The number of nitrogens with zero attached hydrogens (tertiary/aromatic N) is 4. The van der Waals surface area contributed by atoms with Crippen molar-refractivity contribution < 1.29 is 0 Å². The molecule has 2 aromatic heterocycles. The zero-order valence-electron chi connectivity index (χ0n) is 22.1. The van der Waals surface area contributed by atoms with Gasteiger partial charge in [-0.05, 0) is 107 Å². The molecular weight excluding hydrogens is 444 g/mol. The smallest absolute Gasteiger partial charge is 0.224 e. The molecule has 0 unspecified atom stereocenters. The highest BCUT2D eigenvalue weighted by Crippen LogP contribution is 2.33. The van der Waals surface area contributed by atoms with Crippen LogP contribution >= 0.6 is 0 Å². The predicted molar refractivity (Wildman–Crippen MR) is 151 cm³/mol. The molecule has 3 aromatic rings. The van der Waals surface area contributed by atoms with Gasteiger partial charge >= 0.3 is 0 Å². The largest absolute Gasteiger partial charge is 0.351 e. The van der Waals surface area contributed by atoms with Gasteiger partial charge in [0.05, 0.1) is 5.69 Å². The van der Waals surface area contributed by atoms with Gasteiger partial charge in [-0.2, -0.15) is 4.98 Å². The van der Waals surface area contributed by atoms with Crippen LogP contribution in [0.4, 0.5) is 11.6 Å². The Morgan fingerprint density at radius 1 is 1.19 bits per heavy atom. The number of benzene rings is 1. The molecule has 0 atom stereocenters. The highest BCUT2D eigenvalue weighted by molar-refractivity contribution is 5.98. The van der Waals surface area contributed by atoms with E-state index in [1.165, 1.54) is 57.2 Å². The van der Waals surface area contributed by atoms with Crippen molar-refractivity contribution in [3.63, 3.8) is 0 Å². The van der Waals surface area contributed by atoms with Gasteiger partial charge < -0.3 is 15.2 Å². The van der Waals surface area contributed by atoms with Gasteiger partial charge in [-0.25, -0.2) is 4.98 Å². The van der Waals surface area contributed by atoms with Gasteiger partial charge in [-0.15, -0.1) is 0 Å². The molecule has 5 rings (SSSR count). The van der Waals surface area contributed by atoms with E-state index in [1.807, 2.05) is 18.5 Å². The Hall–Kier alpha value is -2.99. The summed E-state index contributed by atoms with van der Waals surface area (Å²) in [6.45, 7) is 10.9. The number of fused-ring (bicyclic) bond motifs is 1. The van der Waals surface area contributed by atoms with Crippen LogP contribution in [0, 0.1) is 18.8 Å². The summed E-state index contributed by atoms with van der Waals surface area (Å²) in [5.41, 5.74) is 6.36. The van der Waals surface area contributed by atoms with Crippen LogP contribution in [0.15, 0.2) is 48.2 Å². The number of rotatable bonds is 7. The first-order valence-electron chi connectivity index (χ1n) is 13.6. The van der Waals surface area contributed by atoms with Gasteiger partial charge in [0.25, 0.3) is 0 Å². The standard InChI is InChI=1S/C30H40N6/c1-5-24(16-22-12-14-36(4)15-13-22)33-28-17-23(9-8-21(28)3)26-18-31-29-27(26)19-32-30(35-29)34-25-10-6-20(2)7-11-25/h5,8-9,17-20,22,25H,1,6-7,10-16H2,2-4H3,(H2,31,32,34,35). The third-order valence-electron chi connectivity index (χ3n) is 8.14. The van der Waals surface area contributed by atoms with Crippen LogP contribution in [-0.2, 0) is 0 Å². The first-order chi connectivity index (χ1) is 17.5. The second-order valence-electron chi connectivity index (χ2n) is 11.0. The molecule has 2 N–H and O–H groups in total. The second kappa shape index (κ2) is 11.0. The van der Waals surface area contributed by atoms with Crippen molar-refractivity contribution in [1.29, 1.82) is 0 Å². The molecule has 1 aliphatic carbocycles. The van der Waals surface area contributed by atoms with Crippen molar-refractivity contribution in [2.24, 2.45) is 16.8 Å². The summed E-state index contributed by atoms with van der Waals surface area (Å²) in [7, 11) is 2.21. The molecule has 0 amide bonds. The van der Waals surface area contributed by atoms with E-state index < -0.39 is 0 Å². The monoisotopic (exact) mass is 484 g/mol. The average molecular weight is 485 g/mol. The van der Waals surface area contributed by atoms with Crippen molar-refractivity contribution >= 4 is 28.4 Å². The van der Waals surface area contributed by atoms with Gasteiger partial charge in [-0.3, -0.25) is 4.99 Å². The Morgan fingerprint density at radius 3 is 2.72 bits per heavy atom. The Bertz CT molecular complexity index is 1230. The van der Waals surface area contributed by atoms with Crippen LogP contribution in [0.5, 0.6) is 0 Å². The van der Waals surface area contributed by atoms with Crippen molar-refractivity contribution in [3.8, 4) is 11.1 Å². The van der Waals surface area contributed by atoms with Gasteiger partial charge in [0.1, 0.15) is 5.65 Å². The molecule has 190 valence electrons. The normalized spacial score (nSPS) is 22.1. The zero-order chi connectivity index (χ0) is 25.1. The molecule has 3 heterocycles. The minimum atomic E-state index is 0.471. The van der Waals surface area contributed by atoms with Crippen molar-refractivity contribution in [2.75, 3.05) is 25.5 Å². The molecule has 36 heavy (non-hydrogen) atoms. The highest BCUT2D eigenvalue weighted by atomic mass is 15.1. The third kappa shape index (κ3) is 5.70. The lowest BCUT2D eigenvalue weighted by molar-refractivity contribution is 0.223. The van der Waals surface area contributed by atoms with Crippen LogP contribution in [-0.4, -0.2) is 51.7 Å². The number of piperidine rings is 1. The average Bonchev–Trinajstić information content (AvgIpc) is 3.31. The molecule has 0 spiro atoms. The van der Waals surface area contributed by atoms with Crippen LogP contribution < -0.4 is 5.32 Å². The first-order valence-corrected chi connectivity index (χ1v) is 13.6. The minimum absolute atomic E-state index is 0.471. The predicted octanol–water partition coefficient (Wildman–Crippen LogP) is 6.91. The van der Waals surface area contributed by atoms with Crippen LogP contribution in [0.3, 0.4) is 0 Å². The molecule has 1 saturated carbocycles. The topological polar surface area (TPSA) is 69.2 Å². The third-order valence-corrected chi connectivity index (χ3v) is 8.14. The molecule has 6 nitrogen and oxygen atoms in total. The van der Waals surface area contributed by atoms with E-state index in [4.69, 9.17) is 9.98 Å². The quantitative estimate of drug-likeness (QED) is 0.357. The summed E-state index contributed by atoms with van der Waals surface area (Å²) in [5.74, 6) is 2.24. The maximum Gasteiger partial charge on any atom is 0.224 e. The number of aryl methyl sites for hydroxylation is 1. The highest BCUT2D eigenvalue weighted by Gasteiger charge is 2.20. The lowest BCUT2D eigenvalue weighted by Gasteiger charge is -2.28. The van der Waals surface area contributed by atoms with Crippen molar-refractivity contribution in [2.45, 2.75) is 64.8 Å². The molecule has 2 fully saturated rings. The molecule has 1 aliphatic heterocycles.